The van der Waals surface area contributed by atoms with Crippen molar-refractivity contribution in [3.05, 3.63) is 95.9 Å². The molecule has 9 nitrogen and oxygen atoms in total. The van der Waals surface area contributed by atoms with E-state index in [9.17, 15) is 4.79 Å². The minimum Gasteiger partial charge on any atom is -0.397 e. The van der Waals surface area contributed by atoms with Gasteiger partial charge in [0.15, 0.2) is 0 Å². The average Bonchev–Trinajstić information content (AvgIpc) is 3.25. The van der Waals surface area contributed by atoms with Gasteiger partial charge in [-0.3, -0.25) is 9.20 Å². The Morgan fingerprint density at radius 3 is 2.59 bits per heavy atom. The fourth-order valence-electron chi connectivity index (χ4n) is 4.46. The molecule has 0 atom stereocenters. The lowest BCUT2D eigenvalue weighted by atomic mass is 10.1. The molecule has 0 fully saturated rings. The maximum atomic E-state index is 12.6. The van der Waals surface area contributed by atoms with Crippen molar-refractivity contribution < 1.29 is 4.79 Å². The van der Waals surface area contributed by atoms with Crippen molar-refractivity contribution in [3.63, 3.8) is 0 Å². The molecule has 2 aromatic carbocycles. The number of carbonyl (C=O) groups is 1. The van der Waals surface area contributed by atoms with E-state index in [1.54, 1.807) is 30.5 Å². The molecule has 39 heavy (non-hydrogen) atoms. The number of nitrogens with two attached hydrogens (primary N) is 1. The highest BCUT2D eigenvalue weighted by Crippen LogP contribution is 2.25. The number of para-hydroxylation sites is 2. The Bertz CT molecular complexity index is 1610. The maximum Gasteiger partial charge on any atom is 0.255 e. The summed E-state index contributed by atoms with van der Waals surface area (Å²) in [4.78, 5) is 28.8. The van der Waals surface area contributed by atoms with Gasteiger partial charge >= 0.3 is 0 Å². The fourth-order valence-corrected chi connectivity index (χ4v) is 4.46. The first-order chi connectivity index (χ1) is 18.9. The molecule has 9 heteroatoms. The number of carbonyl (C=O) groups excluding carboxylic acids is 1. The number of benzene rings is 2. The molecule has 0 aliphatic rings. The predicted molar refractivity (Wildman–Crippen MR) is 156 cm³/mol. The first kappa shape index (κ1) is 25.9. The number of amides is 1. The third-order valence-corrected chi connectivity index (χ3v) is 6.45. The van der Waals surface area contributed by atoms with Crippen molar-refractivity contribution in [2.45, 2.75) is 19.8 Å². The van der Waals surface area contributed by atoms with Crippen LogP contribution in [0.2, 0.25) is 0 Å². The lowest BCUT2D eigenvalue weighted by Crippen LogP contribution is -2.13. The molecule has 0 aliphatic heterocycles. The molecule has 3 heterocycles. The smallest absolute Gasteiger partial charge is 0.255 e. The number of nitrogens with one attached hydrogen (secondary N) is 2. The molecule has 0 aliphatic carbocycles. The topological polar surface area (TPSA) is 113 Å². The summed E-state index contributed by atoms with van der Waals surface area (Å²) >= 11 is 0. The van der Waals surface area contributed by atoms with E-state index in [-0.39, 0.29) is 5.91 Å². The zero-order chi connectivity index (χ0) is 27.4. The molecule has 0 spiro atoms. The van der Waals surface area contributed by atoms with E-state index in [4.69, 9.17) is 15.7 Å². The van der Waals surface area contributed by atoms with Crippen molar-refractivity contribution in [2.75, 3.05) is 37.0 Å². The number of pyridine rings is 1. The number of hydrogen-bond acceptors (Lipinski definition) is 7. The molecule has 0 radical (unpaired) electrons. The second-order valence-electron chi connectivity index (χ2n) is 9.73. The first-order valence-electron chi connectivity index (χ1n) is 12.9. The quantitative estimate of drug-likeness (QED) is 0.230. The van der Waals surface area contributed by atoms with Gasteiger partial charge in [-0.05, 0) is 101 Å². The first-order valence-corrected chi connectivity index (χ1v) is 12.9. The monoisotopic (exact) mass is 520 g/mol. The molecular formula is C30H32N8O. The van der Waals surface area contributed by atoms with E-state index < -0.39 is 0 Å². The summed E-state index contributed by atoms with van der Waals surface area (Å²) in [7, 11) is 4.19. The number of rotatable bonds is 9. The molecule has 1 amide bonds. The molecule has 5 aromatic rings. The minimum atomic E-state index is -0.235. The highest BCUT2D eigenvalue weighted by molar-refractivity contribution is 6.05. The highest BCUT2D eigenvalue weighted by atomic mass is 16.1. The zero-order valence-corrected chi connectivity index (χ0v) is 22.3. The Balaban J connectivity index is 1.30. The predicted octanol–water partition coefficient (Wildman–Crippen LogP) is 5.17. The van der Waals surface area contributed by atoms with Gasteiger partial charge in [-0.15, -0.1) is 0 Å². The number of nitrogen functional groups attached to an aromatic ring is 1. The summed E-state index contributed by atoms with van der Waals surface area (Å²) in [6.45, 7) is 3.05. The van der Waals surface area contributed by atoms with Gasteiger partial charge in [-0.2, -0.15) is 0 Å². The van der Waals surface area contributed by atoms with Crippen LogP contribution in [0.25, 0.3) is 17.0 Å². The van der Waals surface area contributed by atoms with Crippen LogP contribution in [-0.2, 0) is 6.42 Å². The molecule has 4 N–H and O–H groups in total. The van der Waals surface area contributed by atoms with Gasteiger partial charge in [-0.25, -0.2) is 15.0 Å². The minimum absolute atomic E-state index is 0.235. The van der Waals surface area contributed by atoms with Gasteiger partial charge in [0.05, 0.1) is 28.5 Å². The number of imidazole rings is 1. The summed E-state index contributed by atoms with van der Waals surface area (Å²) in [6, 6.07) is 20.5. The summed E-state index contributed by atoms with van der Waals surface area (Å²) in [5, 5.41) is 6.07. The maximum absolute atomic E-state index is 12.6. The molecule has 0 saturated carbocycles. The molecule has 0 unspecified atom stereocenters. The summed E-state index contributed by atoms with van der Waals surface area (Å²) in [5.41, 5.74) is 13.1. The van der Waals surface area contributed by atoms with E-state index in [2.05, 4.69) is 57.3 Å². The van der Waals surface area contributed by atoms with E-state index in [0.717, 1.165) is 47.8 Å². The molecular weight excluding hydrogens is 488 g/mol. The molecule has 198 valence electrons. The number of anilines is 4. The van der Waals surface area contributed by atoms with Crippen LogP contribution >= 0.6 is 0 Å². The zero-order valence-electron chi connectivity index (χ0n) is 22.3. The summed E-state index contributed by atoms with van der Waals surface area (Å²) < 4.78 is 2.07. The molecule has 0 bridgehead atoms. The Morgan fingerprint density at radius 2 is 1.82 bits per heavy atom. The SMILES string of the molecule is Cc1nc2cc(CCCN(C)C)ccn2c1-c1ccnc(Nc2ccc(C(=O)Nc3ccccc3N)cc2)n1. The van der Waals surface area contributed by atoms with Crippen molar-refractivity contribution in [3.8, 4) is 11.4 Å². The van der Waals surface area contributed by atoms with Crippen LogP contribution in [0.1, 0.15) is 28.0 Å². The number of aromatic nitrogens is 4. The standard InChI is InChI=1S/C30H32N8O/c1-20-28(38-18-15-21(19-27(38)33-20)7-6-17-37(2)3)26-14-16-32-30(36-26)34-23-12-10-22(11-13-23)29(39)35-25-9-5-4-8-24(25)31/h4-5,8-16,18-19H,6-7,17,31H2,1-3H3,(H,35,39)(H,32,34,36). The van der Waals surface area contributed by atoms with Gasteiger partial charge in [0.25, 0.3) is 5.91 Å². The average molecular weight is 521 g/mol. The Kier molecular flexibility index (Phi) is 7.51. The third kappa shape index (κ3) is 6.05. The van der Waals surface area contributed by atoms with Crippen molar-refractivity contribution in [2.24, 2.45) is 0 Å². The fraction of sp³-hybridized carbons (Fsp3) is 0.200. The number of nitrogens with zero attached hydrogens (tertiary/aromatic N) is 5. The summed E-state index contributed by atoms with van der Waals surface area (Å²) in [6.07, 6.45) is 5.91. The van der Waals surface area contributed by atoms with Crippen LogP contribution < -0.4 is 16.4 Å². The van der Waals surface area contributed by atoms with Crippen LogP contribution in [0.3, 0.4) is 0 Å². The van der Waals surface area contributed by atoms with Crippen LogP contribution in [-0.4, -0.2) is 50.8 Å². The number of hydrogen-bond donors (Lipinski definition) is 3. The van der Waals surface area contributed by atoms with Crippen LogP contribution in [0.15, 0.2) is 79.1 Å². The number of fused-ring (bicyclic) bond motifs is 1. The van der Waals surface area contributed by atoms with Gasteiger partial charge in [0.1, 0.15) is 5.65 Å². The van der Waals surface area contributed by atoms with Crippen molar-refractivity contribution >= 4 is 34.6 Å². The van der Waals surface area contributed by atoms with Crippen LogP contribution in [0.4, 0.5) is 23.0 Å². The van der Waals surface area contributed by atoms with E-state index in [0.29, 0.717) is 22.9 Å². The van der Waals surface area contributed by atoms with Crippen LogP contribution in [0, 0.1) is 6.92 Å². The lowest BCUT2D eigenvalue weighted by Gasteiger charge is -2.10. The van der Waals surface area contributed by atoms with Gasteiger partial charge in [0, 0.05) is 23.6 Å². The third-order valence-electron chi connectivity index (χ3n) is 6.45. The molecule has 0 saturated heterocycles. The highest BCUT2D eigenvalue weighted by Gasteiger charge is 2.14. The molecule has 5 rings (SSSR count). The van der Waals surface area contributed by atoms with Crippen LogP contribution in [0.5, 0.6) is 0 Å². The summed E-state index contributed by atoms with van der Waals surface area (Å²) in [5.74, 6) is 0.220. The molecule has 3 aromatic heterocycles. The number of aryl methyl sites for hydroxylation is 2. The second kappa shape index (κ2) is 11.3. The van der Waals surface area contributed by atoms with Gasteiger partial charge in [0.2, 0.25) is 5.95 Å². The van der Waals surface area contributed by atoms with E-state index in [1.165, 1.54) is 5.56 Å². The normalized spacial score (nSPS) is 11.2. The van der Waals surface area contributed by atoms with Gasteiger partial charge < -0.3 is 21.3 Å². The van der Waals surface area contributed by atoms with E-state index >= 15 is 0 Å². The Hall–Kier alpha value is -4.76. The van der Waals surface area contributed by atoms with Crippen molar-refractivity contribution in [1.29, 1.82) is 0 Å². The lowest BCUT2D eigenvalue weighted by molar-refractivity contribution is 0.102. The largest absolute Gasteiger partial charge is 0.397 e. The Labute approximate surface area is 227 Å². The van der Waals surface area contributed by atoms with Crippen molar-refractivity contribution in [1.82, 2.24) is 24.3 Å². The second-order valence-corrected chi connectivity index (χ2v) is 9.73. The van der Waals surface area contributed by atoms with E-state index in [1.807, 2.05) is 37.3 Å². The van der Waals surface area contributed by atoms with Gasteiger partial charge in [-0.1, -0.05) is 12.1 Å². The Morgan fingerprint density at radius 1 is 1.03 bits per heavy atom.